The fraction of sp³-hybridized carbons (Fsp3) is 0.333. The van der Waals surface area contributed by atoms with Gasteiger partial charge < -0.3 is 5.32 Å². The zero-order valence-electron chi connectivity index (χ0n) is 8.63. The lowest BCUT2D eigenvalue weighted by atomic mass is 10.2. The number of rotatable bonds is 4. The van der Waals surface area contributed by atoms with Crippen molar-refractivity contribution >= 4 is 33.2 Å². The van der Waals surface area contributed by atoms with Gasteiger partial charge in [-0.05, 0) is 18.7 Å². The third-order valence-electron chi connectivity index (χ3n) is 2.01. The summed E-state index contributed by atoms with van der Waals surface area (Å²) in [6.45, 7) is 3.05. The Morgan fingerprint density at radius 2 is 2.00 bits per heavy atom. The second-order valence-electron chi connectivity index (χ2n) is 3.16. The molecule has 0 spiro atoms. The van der Waals surface area contributed by atoms with Crippen molar-refractivity contribution in [1.29, 1.82) is 0 Å². The molecular weight excluding hydrogens is 271 g/mol. The maximum atomic E-state index is 11.2. The summed E-state index contributed by atoms with van der Waals surface area (Å²) in [5, 5.41) is 8.54. The van der Waals surface area contributed by atoms with Gasteiger partial charge in [-0.15, -0.1) is 0 Å². The summed E-state index contributed by atoms with van der Waals surface area (Å²) in [4.78, 5) is -0.105. The summed E-state index contributed by atoms with van der Waals surface area (Å²) in [6, 6.07) is 2.77. The van der Waals surface area contributed by atoms with Crippen LogP contribution in [0.25, 0.3) is 0 Å². The molecule has 7 heteroatoms. The number of hydrogen-bond acceptors (Lipinski definition) is 3. The predicted molar refractivity (Wildman–Crippen MR) is 65.2 cm³/mol. The van der Waals surface area contributed by atoms with E-state index in [0.717, 1.165) is 6.54 Å². The van der Waals surface area contributed by atoms with Gasteiger partial charge in [0.25, 0.3) is 0 Å². The van der Waals surface area contributed by atoms with Crippen molar-refractivity contribution in [1.82, 2.24) is 5.32 Å². The van der Waals surface area contributed by atoms with Gasteiger partial charge in [0.1, 0.15) is 4.90 Å². The van der Waals surface area contributed by atoms with Crippen LogP contribution in [0.1, 0.15) is 12.5 Å². The van der Waals surface area contributed by atoms with Crippen LogP contribution in [0.15, 0.2) is 17.0 Å². The molecule has 4 nitrogen and oxygen atoms in total. The lowest BCUT2D eigenvalue weighted by Gasteiger charge is -2.10. The van der Waals surface area contributed by atoms with Crippen molar-refractivity contribution in [3.8, 4) is 0 Å². The monoisotopic (exact) mass is 282 g/mol. The zero-order valence-corrected chi connectivity index (χ0v) is 11.0. The Morgan fingerprint density at radius 3 is 2.50 bits per heavy atom. The largest absolute Gasteiger partial charge is 0.313 e. The molecule has 0 atom stereocenters. The van der Waals surface area contributed by atoms with Gasteiger partial charge in [0, 0.05) is 17.1 Å². The molecule has 16 heavy (non-hydrogen) atoms. The molecule has 0 aliphatic heterocycles. The van der Waals surface area contributed by atoms with Crippen molar-refractivity contribution in [2.75, 3.05) is 6.54 Å². The second-order valence-corrected chi connectivity index (χ2v) is 5.48. The summed E-state index contributed by atoms with van der Waals surface area (Å²) in [6.07, 6.45) is 0. The molecule has 3 N–H and O–H groups in total. The van der Waals surface area contributed by atoms with Crippen LogP contribution in [-0.2, 0) is 16.6 Å². The number of nitrogens with one attached hydrogen (secondary N) is 1. The molecule has 0 radical (unpaired) electrons. The van der Waals surface area contributed by atoms with Gasteiger partial charge in [-0.25, -0.2) is 13.6 Å². The molecule has 0 unspecified atom stereocenters. The van der Waals surface area contributed by atoms with E-state index < -0.39 is 10.0 Å². The third-order valence-corrected chi connectivity index (χ3v) is 3.86. The van der Waals surface area contributed by atoms with Crippen LogP contribution in [0.4, 0.5) is 0 Å². The van der Waals surface area contributed by atoms with E-state index in [9.17, 15) is 8.42 Å². The van der Waals surface area contributed by atoms with E-state index in [2.05, 4.69) is 5.32 Å². The average Bonchev–Trinajstić information content (AvgIpc) is 2.15. The minimum absolute atomic E-state index is 0.0796. The van der Waals surface area contributed by atoms with Gasteiger partial charge >= 0.3 is 0 Å². The van der Waals surface area contributed by atoms with Gasteiger partial charge in [0.15, 0.2) is 0 Å². The first-order chi connectivity index (χ1) is 7.38. The van der Waals surface area contributed by atoms with Crippen molar-refractivity contribution in [2.45, 2.75) is 18.4 Å². The Kier molecular flexibility index (Phi) is 4.58. The molecule has 1 aromatic rings. The highest BCUT2D eigenvalue weighted by molar-refractivity contribution is 7.89. The molecule has 90 valence electrons. The Hall–Kier alpha value is -0.330. The molecule has 0 aromatic heterocycles. The summed E-state index contributed by atoms with van der Waals surface area (Å²) >= 11 is 11.9. The van der Waals surface area contributed by atoms with Gasteiger partial charge in [0.05, 0.1) is 5.02 Å². The molecule has 0 saturated carbocycles. The first kappa shape index (κ1) is 13.7. The minimum atomic E-state index is -3.82. The standard InChI is InChI=1S/C9H12Cl2N2O2S/c1-2-13-5-6-7(10)3-4-8(9(6)11)16(12,14)15/h3-4,13H,2,5H2,1H3,(H2,12,14,15). The normalized spacial score (nSPS) is 11.8. The van der Waals surface area contributed by atoms with E-state index in [1.54, 1.807) is 0 Å². The first-order valence-electron chi connectivity index (χ1n) is 4.58. The highest BCUT2D eigenvalue weighted by Gasteiger charge is 2.17. The molecular formula is C9H12Cl2N2O2S. The van der Waals surface area contributed by atoms with Crippen LogP contribution in [0, 0.1) is 0 Å². The highest BCUT2D eigenvalue weighted by atomic mass is 35.5. The van der Waals surface area contributed by atoms with E-state index in [1.807, 2.05) is 6.92 Å². The van der Waals surface area contributed by atoms with Gasteiger partial charge in [-0.1, -0.05) is 30.1 Å². The molecule has 0 aliphatic rings. The zero-order chi connectivity index (χ0) is 12.3. The molecule has 0 saturated heterocycles. The third kappa shape index (κ3) is 3.09. The van der Waals surface area contributed by atoms with E-state index in [4.69, 9.17) is 28.3 Å². The molecule has 0 bridgehead atoms. The number of sulfonamides is 1. The van der Waals surface area contributed by atoms with Gasteiger partial charge in [-0.3, -0.25) is 0 Å². The Bertz CT molecular complexity index is 489. The number of primary sulfonamides is 1. The number of hydrogen-bond donors (Lipinski definition) is 2. The molecule has 0 amide bonds. The Labute approximate surface area is 105 Å². The van der Waals surface area contributed by atoms with E-state index in [0.29, 0.717) is 17.1 Å². The number of nitrogens with two attached hydrogens (primary N) is 1. The van der Waals surface area contributed by atoms with E-state index in [1.165, 1.54) is 12.1 Å². The lowest BCUT2D eigenvalue weighted by Crippen LogP contribution is -2.16. The van der Waals surface area contributed by atoms with Crippen LogP contribution < -0.4 is 10.5 Å². The smallest absolute Gasteiger partial charge is 0.239 e. The van der Waals surface area contributed by atoms with Crippen LogP contribution in [-0.4, -0.2) is 15.0 Å². The quantitative estimate of drug-likeness (QED) is 0.884. The van der Waals surface area contributed by atoms with Crippen LogP contribution in [0.5, 0.6) is 0 Å². The topological polar surface area (TPSA) is 72.2 Å². The number of benzene rings is 1. The van der Waals surface area contributed by atoms with E-state index in [-0.39, 0.29) is 9.92 Å². The average molecular weight is 283 g/mol. The summed E-state index contributed by atoms with van der Waals surface area (Å²) in [5.74, 6) is 0. The van der Waals surface area contributed by atoms with Crippen molar-refractivity contribution in [3.63, 3.8) is 0 Å². The summed E-state index contributed by atoms with van der Waals surface area (Å²) in [7, 11) is -3.82. The van der Waals surface area contributed by atoms with Crippen LogP contribution in [0.3, 0.4) is 0 Å². The van der Waals surface area contributed by atoms with Gasteiger partial charge in [-0.2, -0.15) is 0 Å². The second kappa shape index (κ2) is 5.33. The van der Waals surface area contributed by atoms with Gasteiger partial charge in [0.2, 0.25) is 10.0 Å². The number of halogens is 2. The highest BCUT2D eigenvalue weighted by Crippen LogP contribution is 2.30. The molecule has 0 aliphatic carbocycles. The van der Waals surface area contributed by atoms with Crippen LogP contribution >= 0.6 is 23.2 Å². The van der Waals surface area contributed by atoms with Crippen LogP contribution in [0.2, 0.25) is 10.0 Å². The van der Waals surface area contributed by atoms with Crippen molar-refractivity contribution in [3.05, 3.63) is 27.7 Å². The first-order valence-corrected chi connectivity index (χ1v) is 6.88. The summed E-state index contributed by atoms with van der Waals surface area (Å²) < 4.78 is 22.4. The molecule has 0 fully saturated rings. The molecule has 0 heterocycles. The predicted octanol–water partition coefficient (Wildman–Crippen LogP) is 1.75. The molecule has 1 aromatic carbocycles. The lowest BCUT2D eigenvalue weighted by molar-refractivity contribution is 0.597. The maximum absolute atomic E-state index is 11.2. The minimum Gasteiger partial charge on any atom is -0.313 e. The van der Waals surface area contributed by atoms with Crippen molar-refractivity contribution in [2.24, 2.45) is 5.14 Å². The maximum Gasteiger partial charge on any atom is 0.239 e. The Balaban J connectivity index is 3.27. The van der Waals surface area contributed by atoms with E-state index >= 15 is 0 Å². The molecule has 1 rings (SSSR count). The SMILES string of the molecule is CCNCc1c(Cl)ccc(S(N)(=O)=O)c1Cl. The fourth-order valence-electron chi connectivity index (χ4n) is 1.21. The van der Waals surface area contributed by atoms with Crippen molar-refractivity contribution < 1.29 is 8.42 Å². The fourth-order valence-corrected chi connectivity index (χ4v) is 2.67. The Morgan fingerprint density at radius 1 is 1.38 bits per heavy atom. The summed E-state index contributed by atoms with van der Waals surface area (Å²) in [5.41, 5.74) is 0.539.